The highest BCUT2D eigenvalue weighted by molar-refractivity contribution is 8.00. The minimum atomic E-state index is -4.25. The summed E-state index contributed by atoms with van der Waals surface area (Å²) in [6.45, 7) is 9.96. The monoisotopic (exact) mass is 612 g/mol. The van der Waals surface area contributed by atoms with E-state index in [1.165, 1.54) is 25.7 Å². The molecular weight excluding hydrogens is 561 g/mol. The molecule has 6 fully saturated rings. The van der Waals surface area contributed by atoms with Crippen molar-refractivity contribution < 1.29 is 23.1 Å². The molecule has 9 atom stereocenters. The quantitative estimate of drug-likeness (QED) is 0.332. The molecule has 3 aliphatic carbocycles. The summed E-state index contributed by atoms with van der Waals surface area (Å²) in [4.78, 5) is 15.8. The van der Waals surface area contributed by atoms with E-state index < -0.39 is 10.9 Å². The summed E-state index contributed by atoms with van der Waals surface area (Å²) in [6.07, 6.45) is 14.8. The van der Waals surface area contributed by atoms with Gasteiger partial charge >= 0.3 is 5.51 Å². The van der Waals surface area contributed by atoms with Crippen LogP contribution < -0.4 is 10.7 Å². The fourth-order valence-electron chi connectivity index (χ4n) is 8.63. The Morgan fingerprint density at radius 1 is 0.952 bits per heavy atom. The van der Waals surface area contributed by atoms with Crippen LogP contribution in [0.4, 0.5) is 13.2 Å². The van der Waals surface area contributed by atoms with Crippen molar-refractivity contribution in [3.8, 4) is 0 Å². The van der Waals surface area contributed by atoms with E-state index in [0.29, 0.717) is 49.9 Å². The fraction of sp³-hybridized carbons (Fsp3) is 0.844. The number of hydrogen-bond acceptors (Lipinski definition) is 6. The Morgan fingerprint density at radius 2 is 1.69 bits per heavy atom. The Labute approximate surface area is 254 Å². The lowest BCUT2D eigenvalue weighted by Crippen LogP contribution is -2.60. The summed E-state index contributed by atoms with van der Waals surface area (Å²) in [5.74, 6) is 1.76. The lowest BCUT2D eigenvalue weighted by molar-refractivity contribution is -0.143. The van der Waals surface area contributed by atoms with Crippen LogP contribution in [0, 0.1) is 23.7 Å². The van der Waals surface area contributed by atoms with E-state index >= 15 is 0 Å². The van der Waals surface area contributed by atoms with Crippen molar-refractivity contribution in [3.05, 3.63) is 24.8 Å². The molecular formula is C32H51F3N4O2S. The van der Waals surface area contributed by atoms with Gasteiger partial charge in [0.15, 0.2) is 0 Å². The topological polar surface area (TPSA) is 67.8 Å². The summed E-state index contributed by atoms with van der Waals surface area (Å²) in [6, 6.07) is 1.01. The van der Waals surface area contributed by atoms with Crippen LogP contribution in [0.15, 0.2) is 24.8 Å². The molecule has 3 N–H and O–H groups in total. The maximum Gasteiger partial charge on any atom is 0.443 e. The van der Waals surface area contributed by atoms with Gasteiger partial charge in [0, 0.05) is 37.1 Å². The number of rotatable bonds is 5. The molecule has 42 heavy (non-hydrogen) atoms. The number of alkyl halides is 3. The first-order valence-corrected chi connectivity index (χ1v) is 17.2. The molecule has 3 saturated carbocycles. The lowest BCUT2D eigenvalue weighted by atomic mass is 9.68. The van der Waals surface area contributed by atoms with Gasteiger partial charge in [0.05, 0.1) is 23.4 Å². The number of allylic oxidation sites excluding steroid dienone is 2. The van der Waals surface area contributed by atoms with Gasteiger partial charge in [-0.25, -0.2) is 5.01 Å². The van der Waals surface area contributed by atoms with E-state index in [4.69, 9.17) is 0 Å². The van der Waals surface area contributed by atoms with Gasteiger partial charge in [0.1, 0.15) is 0 Å². The highest BCUT2D eigenvalue weighted by Crippen LogP contribution is 2.46. The summed E-state index contributed by atoms with van der Waals surface area (Å²) >= 11 is 0.00646. The Balaban J connectivity index is 0.000000652. The SMILES string of the molecule is C=CC(=C)C.O=C(C1CCC(SC(F)(F)F)NC1)N1CCC2C3C(CCCC[C@@H]31)NN2C1CCC(C2CCC2)CC1O. The smallest absolute Gasteiger partial charge is 0.391 e. The number of hydrogen-bond donors (Lipinski definition) is 3. The average molecular weight is 613 g/mol. The number of piperidine rings is 2. The van der Waals surface area contributed by atoms with Crippen molar-refractivity contribution in [1.82, 2.24) is 20.7 Å². The molecule has 3 aliphatic heterocycles. The van der Waals surface area contributed by atoms with Gasteiger partial charge in [0.2, 0.25) is 5.91 Å². The molecule has 6 nitrogen and oxygen atoms in total. The van der Waals surface area contributed by atoms with Crippen LogP contribution in [0.5, 0.6) is 0 Å². The van der Waals surface area contributed by atoms with E-state index in [2.05, 4.69) is 33.8 Å². The molecule has 0 radical (unpaired) electrons. The standard InChI is InChI=1S/C27H43F3N4O2S.C5H8/c28-27(29,30)37-24-11-9-18(15-31-24)26(36)33-13-12-22-25-19(6-1-2-7-21(25)33)32-34(22)20-10-8-17(14-23(20)35)16-4-3-5-16;1-4-5(2)3/h16-25,31-32,35H,1-15H2;4H,1-2H2,3H3/t17?,18?,19?,20?,21-,22?,23?,24?,25?;/m0./s1. The molecule has 6 aliphatic rings. The molecule has 0 aromatic rings. The number of halogens is 3. The van der Waals surface area contributed by atoms with Crippen molar-refractivity contribution in [2.24, 2.45) is 23.7 Å². The number of nitrogens with one attached hydrogen (secondary N) is 2. The summed E-state index contributed by atoms with van der Waals surface area (Å²) in [5.41, 5.74) is 0.622. The second kappa shape index (κ2) is 13.9. The number of amides is 1. The molecule has 0 aromatic heterocycles. The number of carbonyl (C=O) groups is 1. The predicted octanol–water partition coefficient (Wildman–Crippen LogP) is 5.99. The number of hydrazine groups is 1. The first-order valence-electron chi connectivity index (χ1n) is 16.3. The Hall–Kier alpha value is -1.07. The zero-order valence-corrected chi connectivity index (χ0v) is 26.0. The fourth-order valence-corrected chi connectivity index (χ4v) is 9.39. The normalized spacial score (nSPS) is 39.3. The Kier molecular flexibility index (Phi) is 10.7. The van der Waals surface area contributed by atoms with E-state index in [9.17, 15) is 23.1 Å². The average Bonchev–Trinajstić information content (AvgIpc) is 3.14. The van der Waals surface area contributed by atoms with E-state index in [1.54, 1.807) is 6.08 Å². The Morgan fingerprint density at radius 3 is 2.29 bits per heavy atom. The van der Waals surface area contributed by atoms with Crippen molar-refractivity contribution in [1.29, 1.82) is 0 Å². The molecule has 3 saturated heterocycles. The third kappa shape index (κ3) is 7.41. The molecule has 3 heterocycles. The number of nitrogens with zero attached hydrogens (tertiary/aromatic N) is 2. The zero-order chi connectivity index (χ0) is 30.0. The van der Waals surface area contributed by atoms with Crippen LogP contribution in [0.2, 0.25) is 0 Å². The van der Waals surface area contributed by atoms with E-state index in [1.807, 2.05) is 6.92 Å². The van der Waals surface area contributed by atoms with Gasteiger partial charge in [-0.05, 0) is 81.9 Å². The second-order valence-corrected chi connectivity index (χ2v) is 14.9. The molecule has 0 spiro atoms. The zero-order valence-electron chi connectivity index (χ0n) is 25.2. The molecule has 1 amide bonds. The molecule has 0 aromatic carbocycles. The van der Waals surface area contributed by atoms with Crippen LogP contribution in [0.1, 0.15) is 90.4 Å². The highest BCUT2D eigenvalue weighted by atomic mass is 32.2. The van der Waals surface area contributed by atoms with Crippen molar-refractivity contribution in [3.63, 3.8) is 0 Å². The number of carbonyl (C=O) groups excluding carboxylic acids is 1. The largest absolute Gasteiger partial charge is 0.443 e. The van der Waals surface area contributed by atoms with Crippen LogP contribution in [0.3, 0.4) is 0 Å². The van der Waals surface area contributed by atoms with Crippen molar-refractivity contribution in [2.45, 2.75) is 132 Å². The molecule has 238 valence electrons. The number of thioether (sulfide) groups is 1. The van der Waals surface area contributed by atoms with Crippen molar-refractivity contribution >= 4 is 17.7 Å². The first-order chi connectivity index (χ1) is 20.1. The van der Waals surface area contributed by atoms with E-state index in [-0.39, 0.29) is 41.8 Å². The van der Waals surface area contributed by atoms with Gasteiger partial charge in [-0.1, -0.05) is 56.9 Å². The summed E-state index contributed by atoms with van der Waals surface area (Å²) in [5, 5.41) is 16.0. The predicted molar refractivity (Wildman–Crippen MR) is 162 cm³/mol. The molecule has 0 bridgehead atoms. The van der Waals surface area contributed by atoms with Gasteiger partial charge in [-0.3, -0.25) is 10.2 Å². The van der Waals surface area contributed by atoms with Gasteiger partial charge in [0.25, 0.3) is 0 Å². The van der Waals surface area contributed by atoms with Crippen LogP contribution in [0.25, 0.3) is 0 Å². The maximum atomic E-state index is 13.7. The van der Waals surface area contributed by atoms with Crippen LogP contribution in [-0.4, -0.2) is 75.2 Å². The first kappa shape index (κ1) is 32.3. The third-order valence-corrected chi connectivity index (χ3v) is 11.9. The summed E-state index contributed by atoms with van der Waals surface area (Å²) < 4.78 is 38.3. The van der Waals surface area contributed by atoms with Crippen LogP contribution >= 0.6 is 11.8 Å². The van der Waals surface area contributed by atoms with Gasteiger partial charge in [-0.2, -0.15) is 13.2 Å². The summed E-state index contributed by atoms with van der Waals surface area (Å²) in [7, 11) is 0. The lowest BCUT2D eigenvalue weighted by Gasteiger charge is -2.49. The minimum absolute atomic E-state index is 0.00646. The van der Waals surface area contributed by atoms with E-state index in [0.717, 1.165) is 56.4 Å². The van der Waals surface area contributed by atoms with Gasteiger partial charge < -0.3 is 15.3 Å². The number of aliphatic hydroxyl groups is 1. The third-order valence-electron chi connectivity index (χ3n) is 11.0. The molecule has 8 unspecified atom stereocenters. The maximum absolute atomic E-state index is 13.7. The number of likely N-dealkylation sites (tertiary alicyclic amines) is 1. The molecule has 6 rings (SSSR count). The Bertz CT molecular complexity index is 955. The van der Waals surface area contributed by atoms with Crippen molar-refractivity contribution in [2.75, 3.05) is 13.1 Å². The highest BCUT2D eigenvalue weighted by Gasteiger charge is 2.54. The second-order valence-electron chi connectivity index (χ2n) is 13.6. The number of aliphatic hydroxyl groups excluding tert-OH is 1. The van der Waals surface area contributed by atoms with Gasteiger partial charge in [-0.15, -0.1) is 0 Å². The molecule has 10 heteroatoms. The van der Waals surface area contributed by atoms with Crippen LogP contribution in [-0.2, 0) is 4.79 Å². The minimum Gasteiger partial charge on any atom is -0.391 e.